The summed E-state index contributed by atoms with van der Waals surface area (Å²) in [6, 6.07) is 6.15. The van der Waals surface area contributed by atoms with Gasteiger partial charge in [0.2, 0.25) is 5.91 Å². The van der Waals surface area contributed by atoms with E-state index in [9.17, 15) is 4.79 Å². The fourth-order valence-electron chi connectivity index (χ4n) is 2.86. The third-order valence-electron chi connectivity index (χ3n) is 3.89. The number of ether oxygens (including phenoxy) is 1. The van der Waals surface area contributed by atoms with E-state index in [1.54, 1.807) is 0 Å². The molecule has 2 aliphatic heterocycles. The Bertz CT molecular complexity index is 498. The summed E-state index contributed by atoms with van der Waals surface area (Å²) in [5.41, 5.74) is 3.53. The van der Waals surface area contributed by atoms with E-state index in [1.165, 1.54) is 11.1 Å². The minimum atomic E-state index is 0.0647. The molecule has 1 aromatic carbocycles. The van der Waals surface area contributed by atoms with Crippen LogP contribution in [0.15, 0.2) is 18.2 Å². The Morgan fingerprint density at radius 3 is 2.90 bits per heavy atom. The van der Waals surface area contributed by atoms with E-state index in [2.05, 4.69) is 28.2 Å². The molecule has 0 atom stereocenters. The number of carbonyl (C=O) groups is 1. The summed E-state index contributed by atoms with van der Waals surface area (Å²) in [6.45, 7) is 5.43. The summed E-state index contributed by atoms with van der Waals surface area (Å²) in [4.78, 5) is 16.5. The van der Waals surface area contributed by atoms with Crippen LogP contribution in [0.1, 0.15) is 11.1 Å². The number of amides is 1. The van der Waals surface area contributed by atoms with E-state index in [0.29, 0.717) is 6.54 Å². The van der Waals surface area contributed by atoms with Crippen LogP contribution in [0.4, 0.5) is 5.69 Å². The molecule has 0 spiro atoms. The zero-order valence-electron chi connectivity index (χ0n) is 11.9. The van der Waals surface area contributed by atoms with Crippen molar-refractivity contribution in [3.05, 3.63) is 29.3 Å². The quantitative estimate of drug-likeness (QED) is 0.890. The molecule has 1 aromatic rings. The molecule has 0 bridgehead atoms. The highest BCUT2D eigenvalue weighted by atomic mass is 16.5. The molecule has 108 valence electrons. The number of hydrogen-bond donors (Lipinski definition) is 1. The van der Waals surface area contributed by atoms with Crippen LogP contribution in [0.25, 0.3) is 0 Å². The topological polar surface area (TPSA) is 44.8 Å². The van der Waals surface area contributed by atoms with Crippen LogP contribution in [-0.2, 0) is 22.6 Å². The van der Waals surface area contributed by atoms with Crippen LogP contribution in [0, 0.1) is 0 Å². The minimum absolute atomic E-state index is 0.0647. The summed E-state index contributed by atoms with van der Waals surface area (Å²) in [7, 11) is 2.10. The number of carbonyl (C=O) groups excluding carboxylic acids is 1. The normalized spacial score (nSPS) is 19.9. The van der Waals surface area contributed by atoms with Crippen molar-refractivity contribution < 1.29 is 9.53 Å². The van der Waals surface area contributed by atoms with Gasteiger partial charge in [-0.05, 0) is 24.2 Å². The van der Waals surface area contributed by atoms with E-state index in [-0.39, 0.29) is 5.91 Å². The summed E-state index contributed by atoms with van der Waals surface area (Å²) in [5.74, 6) is 0.0647. The standard InChI is InChI=1S/C15H21N3O2/c1-17-9-12-3-2-4-14(13(12)10-17)16-15(19)11-18-5-7-20-8-6-18/h2-4H,5-11H2,1H3,(H,16,19). The van der Waals surface area contributed by atoms with Crippen molar-refractivity contribution in [2.75, 3.05) is 45.2 Å². The fourth-order valence-corrected chi connectivity index (χ4v) is 2.86. The number of morpholine rings is 1. The van der Waals surface area contributed by atoms with E-state index < -0.39 is 0 Å². The number of nitrogens with one attached hydrogen (secondary N) is 1. The van der Waals surface area contributed by atoms with Gasteiger partial charge in [0.1, 0.15) is 0 Å². The van der Waals surface area contributed by atoms with Crippen LogP contribution in [0.5, 0.6) is 0 Å². The minimum Gasteiger partial charge on any atom is -0.379 e. The first-order valence-electron chi connectivity index (χ1n) is 7.11. The summed E-state index contributed by atoms with van der Waals surface area (Å²) >= 11 is 0. The Labute approximate surface area is 119 Å². The number of benzene rings is 1. The van der Waals surface area contributed by atoms with Gasteiger partial charge >= 0.3 is 0 Å². The van der Waals surface area contributed by atoms with Gasteiger partial charge in [0.15, 0.2) is 0 Å². The molecule has 2 heterocycles. The van der Waals surface area contributed by atoms with Crippen molar-refractivity contribution in [3.63, 3.8) is 0 Å². The van der Waals surface area contributed by atoms with Gasteiger partial charge in [-0.25, -0.2) is 0 Å². The molecule has 0 aliphatic carbocycles. The molecule has 1 saturated heterocycles. The highest BCUT2D eigenvalue weighted by Crippen LogP contribution is 2.28. The van der Waals surface area contributed by atoms with Gasteiger partial charge in [-0.15, -0.1) is 0 Å². The van der Waals surface area contributed by atoms with Crippen molar-refractivity contribution in [2.45, 2.75) is 13.1 Å². The third kappa shape index (κ3) is 3.00. The van der Waals surface area contributed by atoms with Crippen molar-refractivity contribution in [3.8, 4) is 0 Å². The van der Waals surface area contributed by atoms with Crippen molar-refractivity contribution in [2.24, 2.45) is 0 Å². The highest BCUT2D eigenvalue weighted by Gasteiger charge is 2.20. The van der Waals surface area contributed by atoms with Crippen molar-refractivity contribution in [1.29, 1.82) is 0 Å². The smallest absolute Gasteiger partial charge is 0.238 e. The predicted octanol–water partition coefficient (Wildman–Crippen LogP) is 0.903. The Morgan fingerprint density at radius 2 is 2.10 bits per heavy atom. The van der Waals surface area contributed by atoms with Gasteiger partial charge in [0, 0.05) is 31.9 Å². The molecule has 0 aromatic heterocycles. The molecular weight excluding hydrogens is 254 g/mol. The van der Waals surface area contributed by atoms with E-state index >= 15 is 0 Å². The van der Waals surface area contributed by atoms with Crippen LogP contribution in [0.2, 0.25) is 0 Å². The van der Waals surface area contributed by atoms with Crippen LogP contribution in [0.3, 0.4) is 0 Å². The second-order valence-corrected chi connectivity index (χ2v) is 5.55. The van der Waals surface area contributed by atoms with Crippen LogP contribution in [-0.4, -0.2) is 55.6 Å². The first kappa shape index (κ1) is 13.5. The molecule has 0 saturated carbocycles. The van der Waals surface area contributed by atoms with E-state index in [4.69, 9.17) is 4.74 Å². The molecule has 5 nitrogen and oxygen atoms in total. The molecule has 2 aliphatic rings. The molecule has 1 N–H and O–H groups in total. The summed E-state index contributed by atoms with van der Waals surface area (Å²) < 4.78 is 5.29. The van der Waals surface area contributed by atoms with Crippen LogP contribution >= 0.6 is 0 Å². The second-order valence-electron chi connectivity index (χ2n) is 5.55. The zero-order valence-corrected chi connectivity index (χ0v) is 11.9. The van der Waals surface area contributed by atoms with E-state index in [0.717, 1.165) is 45.1 Å². The van der Waals surface area contributed by atoms with Crippen molar-refractivity contribution >= 4 is 11.6 Å². The van der Waals surface area contributed by atoms with Gasteiger partial charge in [0.25, 0.3) is 0 Å². The molecule has 20 heavy (non-hydrogen) atoms. The summed E-state index contributed by atoms with van der Waals surface area (Å²) in [5, 5.41) is 3.06. The average Bonchev–Trinajstić information content (AvgIpc) is 2.81. The Morgan fingerprint density at radius 1 is 1.30 bits per heavy atom. The van der Waals surface area contributed by atoms with Gasteiger partial charge in [-0.1, -0.05) is 12.1 Å². The Hall–Kier alpha value is -1.43. The number of anilines is 1. The molecule has 3 rings (SSSR count). The lowest BCUT2D eigenvalue weighted by Crippen LogP contribution is -2.41. The van der Waals surface area contributed by atoms with Gasteiger partial charge < -0.3 is 10.1 Å². The first-order valence-corrected chi connectivity index (χ1v) is 7.11. The first-order chi connectivity index (χ1) is 9.72. The number of fused-ring (bicyclic) bond motifs is 1. The molecular formula is C15H21N3O2. The van der Waals surface area contributed by atoms with Gasteiger partial charge in [-0.2, -0.15) is 0 Å². The van der Waals surface area contributed by atoms with Gasteiger partial charge in [0.05, 0.1) is 19.8 Å². The Kier molecular flexibility index (Phi) is 4.00. The lowest BCUT2D eigenvalue weighted by atomic mass is 10.1. The maximum absolute atomic E-state index is 12.2. The SMILES string of the molecule is CN1Cc2cccc(NC(=O)CN3CCOCC3)c2C1. The predicted molar refractivity (Wildman–Crippen MR) is 77.5 cm³/mol. The number of rotatable bonds is 3. The second kappa shape index (κ2) is 5.91. The molecule has 1 amide bonds. The summed E-state index contributed by atoms with van der Waals surface area (Å²) in [6.07, 6.45) is 0. The maximum atomic E-state index is 12.2. The Balaban J connectivity index is 1.63. The molecule has 1 fully saturated rings. The average molecular weight is 275 g/mol. The van der Waals surface area contributed by atoms with E-state index in [1.807, 2.05) is 12.1 Å². The third-order valence-corrected chi connectivity index (χ3v) is 3.89. The van der Waals surface area contributed by atoms with Gasteiger partial charge in [-0.3, -0.25) is 14.6 Å². The van der Waals surface area contributed by atoms with Crippen molar-refractivity contribution in [1.82, 2.24) is 9.80 Å². The lowest BCUT2D eigenvalue weighted by Gasteiger charge is -2.26. The highest BCUT2D eigenvalue weighted by molar-refractivity contribution is 5.93. The number of hydrogen-bond acceptors (Lipinski definition) is 4. The fraction of sp³-hybridized carbons (Fsp3) is 0.533. The molecule has 0 unspecified atom stereocenters. The molecule has 5 heteroatoms. The number of nitrogens with zero attached hydrogens (tertiary/aromatic N) is 2. The largest absolute Gasteiger partial charge is 0.379 e. The zero-order chi connectivity index (χ0) is 13.9. The monoisotopic (exact) mass is 275 g/mol. The maximum Gasteiger partial charge on any atom is 0.238 e. The van der Waals surface area contributed by atoms with Crippen LogP contribution < -0.4 is 5.32 Å². The lowest BCUT2D eigenvalue weighted by molar-refractivity contribution is -0.118. The molecule has 0 radical (unpaired) electrons.